The van der Waals surface area contributed by atoms with E-state index in [0.29, 0.717) is 33.7 Å². The molecule has 5 rings (SSSR count). The minimum Gasteiger partial charge on any atom is -0.374 e. The third kappa shape index (κ3) is 3.22. The first kappa shape index (κ1) is 21.7. The van der Waals surface area contributed by atoms with Crippen molar-refractivity contribution in [3.8, 4) is 11.1 Å². The zero-order valence-electron chi connectivity index (χ0n) is 18.4. The van der Waals surface area contributed by atoms with Crippen LogP contribution >= 0.6 is 0 Å². The van der Waals surface area contributed by atoms with Crippen LogP contribution in [0.4, 0.5) is 8.78 Å². The molecule has 3 aromatic heterocycles. The maximum absolute atomic E-state index is 15.3. The van der Waals surface area contributed by atoms with E-state index in [9.17, 15) is 9.90 Å². The Kier molecular flexibility index (Phi) is 4.90. The number of fused-ring (bicyclic) bond motifs is 1. The van der Waals surface area contributed by atoms with Gasteiger partial charge in [-0.3, -0.25) is 9.97 Å². The van der Waals surface area contributed by atoms with Crippen LogP contribution in [0, 0.1) is 32.4 Å². The van der Waals surface area contributed by atoms with Gasteiger partial charge < -0.3 is 19.6 Å². The highest BCUT2D eigenvalue weighted by atomic mass is 19.1. The Labute approximate surface area is 191 Å². The van der Waals surface area contributed by atoms with Gasteiger partial charge in [0, 0.05) is 23.5 Å². The number of imidazole rings is 1. The summed E-state index contributed by atoms with van der Waals surface area (Å²) < 4.78 is 35.9. The first-order valence-electron chi connectivity index (χ1n) is 10.3. The summed E-state index contributed by atoms with van der Waals surface area (Å²) >= 11 is 0. The summed E-state index contributed by atoms with van der Waals surface area (Å²) in [5, 5.41) is 16.2. The lowest BCUT2D eigenvalue weighted by Gasteiger charge is -2.30. The molecule has 1 unspecified atom stereocenters. The number of aromatic amines is 2. The van der Waals surface area contributed by atoms with Crippen LogP contribution in [0.25, 0.3) is 22.2 Å². The number of aryl methyl sites for hydroxylation is 3. The molecule has 0 aliphatic heterocycles. The molecule has 0 aliphatic rings. The maximum atomic E-state index is 15.3. The van der Waals surface area contributed by atoms with Crippen molar-refractivity contribution in [1.82, 2.24) is 25.1 Å². The first-order chi connectivity index (χ1) is 16.2. The number of benzene rings is 2. The average molecular weight is 463 g/mol. The quantitative estimate of drug-likeness (QED) is 0.373. The smallest absolute Gasteiger partial charge is 0.323 e. The molecule has 5 aromatic rings. The molecule has 0 bridgehead atoms. The van der Waals surface area contributed by atoms with Gasteiger partial charge in [-0.1, -0.05) is 5.16 Å². The zero-order valence-corrected chi connectivity index (χ0v) is 18.4. The van der Waals surface area contributed by atoms with Gasteiger partial charge in [0.2, 0.25) is 0 Å². The topological polar surface area (TPSA) is 121 Å². The van der Waals surface area contributed by atoms with Crippen molar-refractivity contribution in [2.24, 2.45) is 0 Å². The standard InChI is InChI=1S/C24H19F2N5O3/c1-11-6-16(25)21(17(26)7-11)24(33,19-10-27-4-5-28-19)15-8-14(20-12(2)31-34-13(20)3)9-18-22(15)30-23(32)29-18/h4-10,33H,1-3H3,(H2,29,30,32). The molecule has 0 fully saturated rings. The molecule has 0 aliphatic carbocycles. The summed E-state index contributed by atoms with van der Waals surface area (Å²) in [5.74, 6) is -1.45. The van der Waals surface area contributed by atoms with Gasteiger partial charge in [-0.05, 0) is 56.2 Å². The van der Waals surface area contributed by atoms with Crippen molar-refractivity contribution in [3.05, 3.63) is 98.8 Å². The fourth-order valence-corrected chi connectivity index (χ4v) is 4.40. The van der Waals surface area contributed by atoms with E-state index in [2.05, 4.69) is 25.1 Å². The van der Waals surface area contributed by atoms with E-state index in [0.717, 1.165) is 12.1 Å². The van der Waals surface area contributed by atoms with Gasteiger partial charge in [0.1, 0.15) is 17.4 Å². The van der Waals surface area contributed by atoms with Crippen LogP contribution in [0.1, 0.15) is 33.8 Å². The zero-order chi connectivity index (χ0) is 24.2. The lowest BCUT2D eigenvalue weighted by molar-refractivity contribution is 0.112. The van der Waals surface area contributed by atoms with Gasteiger partial charge in [0.05, 0.1) is 34.2 Å². The lowest BCUT2D eigenvalue weighted by atomic mass is 9.80. The Hall–Kier alpha value is -4.18. The predicted octanol–water partition coefficient (Wildman–Crippen LogP) is 3.79. The SMILES string of the molecule is Cc1cc(F)c(C(O)(c2cnccn2)c2cc(-c3c(C)noc3C)cc3[nH]c(=O)[nH]c23)c(F)c1. The molecule has 0 saturated carbocycles. The number of halogens is 2. The summed E-state index contributed by atoms with van der Waals surface area (Å²) in [4.78, 5) is 25.7. The summed E-state index contributed by atoms with van der Waals surface area (Å²) in [6.45, 7) is 4.99. The van der Waals surface area contributed by atoms with Crippen LogP contribution in [0.15, 0.2) is 52.2 Å². The van der Waals surface area contributed by atoms with Crippen LogP contribution in [-0.4, -0.2) is 30.2 Å². The van der Waals surface area contributed by atoms with Gasteiger partial charge in [-0.2, -0.15) is 0 Å². The highest BCUT2D eigenvalue weighted by Crippen LogP contribution is 2.43. The number of aromatic nitrogens is 5. The predicted molar refractivity (Wildman–Crippen MR) is 119 cm³/mol. The molecule has 0 amide bonds. The molecule has 172 valence electrons. The molecule has 0 saturated heterocycles. The maximum Gasteiger partial charge on any atom is 0.323 e. The number of hydrogen-bond acceptors (Lipinski definition) is 6. The van der Waals surface area contributed by atoms with Crippen molar-refractivity contribution >= 4 is 11.0 Å². The van der Waals surface area contributed by atoms with Crippen molar-refractivity contribution in [3.63, 3.8) is 0 Å². The second kappa shape index (κ2) is 7.70. The summed E-state index contributed by atoms with van der Waals surface area (Å²) in [6.07, 6.45) is 3.90. The molecular formula is C24H19F2N5O3. The van der Waals surface area contributed by atoms with Crippen LogP contribution in [0.2, 0.25) is 0 Å². The van der Waals surface area contributed by atoms with E-state index in [1.165, 1.54) is 31.6 Å². The van der Waals surface area contributed by atoms with Gasteiger partial charge >= 0.3 is 5.69 Å². The summed E-state index contributed by atoms with van der Waals surface area (Å²) in [5.41, 5.74) is -1.26. The Bertz CT molecular complexity index is 1560. The van der Waals surface area contributed by atoms with Crippen LogP contribution in [0.5, 0.6) is 0 Å². The van der Waals surface area contributed by atoms with Crippen molar-refractivity contribution in [2.75, 3.05) is 0 Å². The van der Waals surface area contributed by atoms with Gasteiger partial charge in [0.15, 0.2) is 5.60 Å². The lowest BCUT2D eigenvalue weighted by Crippen LogP contribution is -2.33. The van der Waals surface area contributed by atoms with Gasteiger partial charge in [0.25, 0.3) is 0 Å². The van der Waals surface area contributed by atoms with Crippen LogP contribution < -0.4 is 5.69 Å². The molecule has 8 nitrogen and oxygen atoms in total. The summed E-state index contributed by atoms with van der Waals surface area (Å²) in [7, 11) is 0. The summed E-state index contributed by atoms with van der Waals surface area (Å²) in [6, 6.07) is 5.44. The highest BCUT2D eigenvalue weighted by Gasteiger charge is 2.43. The number of H-pyrrole nitrogens is 2. The fourth-order valence-electron chi connectivity index (χ4n) is 4.40. The first-order valence-corrected chi connectivity index (χ1v) is 10.3. The number of nitrogens with one attached hydrogen (secondary N) is 2. The Morgan fingerprint density at radius 2 is 1.76 bits per heavy atom. The third-order valence-corrected chi connectivity index (χ3v) is 5.82. The average Bonchev–Trinajstić information content (AvgIpc) is 3.33. The van der Waals surface area contributed by atoms with Gasteiger partial charge in [-0.15, -0.1) is 0 Å². The number of rotatable bonds is 4. The molecular weight excluding hydrogens is 444 g/mol. The second-order valence-corrected chi connectivity index (χ2v) is 8.13. The molecule has 3 heterocycles. The van der Waals surface area contributed by atoms with Crippen molar-refractivity contribution in [2.45, 2.75) is 26.4 Å². The number of hydrogen-bond donors (Lipinski definition) is 3. The van der Waals surface area contributed by atoms with E-state index < -0.39 is 28.5 Å². The van der Waals surface area contributed by atoms with E-state index in [1.807, 2.05) is 0 Å². The molecule has 3 N–H and O–H groups in total. The molecule has 1 atom stereocenters. The van der Waals surface area contributed by atoms with E-state index in [-0.39, 0.29) is 16.8 Å². The Morgan fingerprint density at radius 3 is 2.38 bits per heavy atom. The van der Waals surface area contributed by atoms with Gasteiger partial charge in [-0.25, -0.2) is 13.6 Å². The van der Waals surface area contributed by atoms with Crippen LogP contribution in [-0.2, 0) is 5.60 Å². The third-order valence-electron chi connectivity index (χ3n) is 5.82. The molecule has 10 heteroatoms. The van der Waals surface area contributed by atoms with Crippen molar-refractivity contribution < 1.29 is 18.4 Å². The molecule has 0 spiro atoms. The van der Waals surface area contributed by atoms with E-state index in [1.54, 1.807) is 19.9 Å². The Balaban J connectivity index is 1.95. The van der Waals surface area contributed by atoms with Crippen molar-refractivity contribution in [1.29, 1.82) is 0 Å². The normalized spacial score (nSPS) is 13.4. The number of nitrogens with zero attached hydrogens (tertiary/aromatic N) is 3. The Morgan fingerprint density at radius 1 is 1.03 bits per heavy atom. The fraction of sp³-hybridized carbons (Fsp3) is 0.167. The molecule has 2 aromatic carbocycles. The second-order valence-electron chi connectivity index (χ2n) is 8.13. The molecule has 34 heavy (non-hydrogen) atoms. The monoisotopic (exact) mass is 463 g/mol. The van der Waals surface area contributed by atoms with Crippen LogP contribution in [0.3, 0.4) is 0 Å². The minimum absolute atomic E-state index is 0.000466. The van der Waals surface area contributed by atoms with E-state index >= 15 is 8.78 Å². The highest BCUT2D eigenvalue weighted by molar-refractivity contribution is 5.87. The largest absolute Gasteiger partial charge is 0.374 e. The number of aliphatic hydroxyl groups is 1. The minimum atomic E-state index is -2.45. The molecule has 0 radical (unpaired) electrons. The van der Waals surface area contributed by atoms with E-state index in [4.69, 9.17) is 4.52 Å².